The van der Waals surface area contributed by atoms with E-state index >= 15 is 0 Å². The summed E-state index contributed by atoms with van der Waals surface area (Å²) in [4.78, 5) is 44.6. The minimum atomic E-state index is -4.64. The Labute approximate surface area is 238 Å². The maximum Gasteiger partial charge on any atom is 0.446 e. The zero-order chi connectivity index (χ0) is 30.0. The van der Waals surface area contributed by atoms with Crippen molar-refractivity contribution in [2.24, 2.45) is 11.8 Å². The van der Waals surface area contributed by atoms with Crippen molar-refractivity contribution in [3.8, 4) is 0 Å². The first-order valence-electron chi connectivity index (χ1n) is 13.9. The van der Waals surface area contributed by atoms with Gasteiger partial charge in [0.25, 0.3) is 5.91 Å². The van der Waals surface area contributed by atoms with E-state index < -0.39 is 12.5 Å². The Balaban J connectivity index is 0.000000696. The fourth-order valence-electron chi connectivity index (χ4n) is 5.14. The van der Waals surface area contributed by atoms with E-state index in [9.17, 15) is 22.8 Å². The number of nitrogens with one attached hydrogen (secondary N) is 1. The van der Waals surface area contributed by atoms with E-state index in [1.807, 2.05) is 38.6 Å². The van der Waals surface area contributed by atoms with E-state index in [1.54, 1.807) is 7.11 Å². The summed E-state index contributed by atoms with van der Waals surface area (Å²) in [6, 6.07) is 7.81. The molecule has 0 saturated carbocycles. The molecule has 0 radical (unpaired) electrons. The highest BCUT2D eigenvalue weighted by molar-refractivity contribution is 5.95. The molecule has 228 valence electrons. The van der Waals surface area contributed by atoms with Gasteiger partial charge in [-0.2, -0.15) is 13.2 Å². The zero-order valence-electron chi connectivity index (χ0n) is 23.9. The van der Waals surface area contributed by atoms with Crippen molar-refractivity contribution < 1.29 is 37.0 Å². The molecule has 4 rings (SSSR count). The number of para-hydroxylation sites is 2. The zero-order valence-corrected chi connectivity index (χ0v) is 23.9. The summed E-state index contributed by atoms with van der Waals surface area (Å²) >= 11 is 0. The number of methoxy groups -OCH3 is 1. The van der Waals surface area contributed by atoms with Gasteiger partial charge in [-0.3, -0.25) is 14.4 Å². The number of imidazole rings is 1. The van der Waals surface area contributed by atoms with Crippen molar-refractivity contribution in [3.63, 3.8) is 0 Å². The molecule has 2 fully saturated rings. The van der Waals surface area contributed by atoms with Crippen LogP contribution >= 0.6 is 0 Å². The molecule has 2 aliphatic rings. The molecule has 13 heteroatoms. The maximum absolute atomic E-state index is 14.1. The summed E-state index contributed by atoms with van der Waals surface area (Å²) in [5.74, 6) is 0.702. The number of aldehydes is 1. The lowest BCUT2D eigenvalue weighted by molar-refractivity contribution is -0.156. The van der Waals surface area contributed by atoms with Gasteiger partial charge >= 0.3 is 6.18 Å². The fraction of sp³-hybridized carbons (Fsp3) is 0.643. The summed E-state index contributed by atoms with van der Waals surface area (Å²) < 4.78 is 43.9. The third-order valence-electron chi connectivity index (χ3n) is 6.97. The van der Waals surface area contributed by atoms with E-state index in [4.69, 9.17) is 19.3 Å². The number of benzene rings is 1. The Morgan fingerprint density at radius 2 is 1.90 bits per heavy atom. The van der Waals surface area contributed by atoms with Crippen molar-refractivity contribution in [2.75, 3.05) is 59.7 Å². The first-order valence-corrected chi connectivity index (χ1v) is 13.9. The maximum atomic E-state index is 14.1. The van der Waals surface area contributed by atoms with Gasteiger partial charge in [-0.15, -0.1) is 0 Å². The summed E-state index contributed by atoms with van der Waals surface area (Å²) in [5.41, 5.74) is 1.78. The minimum Gasteiger partial charge on any atom is -0.385 e. The molecule has 0 aliphatic carbocycles. The lowest BCUT2D eigenvalue weighted by Gasteiger charge is -2.40. The summed E-state index contributed by atoms with van der Waals surface area (Å²) in [6.07, 6.45) is -4.25. The quantitative estimate of drug-likeness (QED) is 0.358. The Kier molecular flexibility index (Phi) is 12.1. The molecule has 0 unspecified atom stereocenters. The van der Waals surface area contributed by atoms with Gasteiger partial charge in [0.05, 0.1) is 30.2 Å². The Morgan fingerprint density at radius 1 is 1.22 bits per heavy atom. The second-order valence-electron chi connectivity index (χ2n) is 10.6. The molecule has 2 aromatic rings. The van der Waals surface area contributed by atoms with Gasteiger partial charge in [0.15, 0.2) is 5.82 Å². The standard InChI is InChI=1S/C26H39N5O4.C2HF3O/c1-19(2)18-31(21-15-20(16-27-17-21)25(32)29-10-13-35-14-11-29)26(33)24-28-22-7-4-5-8-23(22)30(24)9-6-12-34-3;3-2(4,5)1-6/h4-5,7-8,19-21,27H,6,9-18H2,1-3H3;1H/t20-,21+;/m1./s1. The molecule has 3 heterocycles. The number of rotatable bonds is 9. The molecule has 2 saturated heterocycles. The number of alkyl halides is 3. The highest BCUT2D eigenvalue weighted by Gasteiger charge is 2.36. The lowest BCUT2D eigenvalue weighted by atomic mass is 9.92. The van der Waals surface area contributed by atoms with Crippen LogP contribution in [0.4, 0.5) is 13.2 Å². The van der Waals surface area contributed by atoms with E-state index in [0.29, 0.717) is 77.3 Å². The van der Waals surface area contributed by atoms with Crippen molar-refractivity contribution in [1.82, 2.24) is 24.7 Å². The summed E-state index contributed by atoms with van der Waals surface area (Å²) in [7, 11) is 1.69. The molecular weight excluding hydrogens is 543 g/mol. The highest BCUT2D eigenvalue weighted by atomic mass is 19.4. The van der Waals surface area contributed by atoms with Gasteiger partial charge in [0.2, 0.25) is 12.2 Å². The number of halogens is 3. The van der Waals surface area contributed by atoms with E-state index in [0.717, 1.165) is 17.5 Å². The highest BCUT2D eigenvalue weighted by Crippen LogP contribution is 2.24. The van der Waals surface area contributed by atoms with Gasteiger partial charge < -0.3 is 29.2 Å². The fourth-order valence-corrected chi connectivity index (χ4v) is 5.14. The number of aromatic nitrogens is 2. The largest absolute Gasteiger partial charge is 0.446 e. The predicted octanol–water partition coefficient (Wildman–Crippen LogP) is 2.76. The van der Waals surface area contributed by atoms with Gasteiger partial charge in [0, 0.05) is 59.0 Å². The lowest BCUT2D eigenvalue weighted by Crippen LogP contribution is -2.56. The number of morpholine rings is 1. The number of carbonyl (C=O) groups is 3. The SMILES string of the molecule is COCCCn1c(C(=O)N(CC(C)C)[C@@H]2CNC[C@H](C(=O)N3CCOCC3)C2)nc2ccccc21.O=CC(F)(F)F. The monoisotopic (exact) mass is 583 g/mol. The van der Waals surface area contributed by atoms with Crippen molar-refractivity contribution in [1.29, 1.82) is 0 Å². The second-order valence-corrected chi connectivity index (χ2v) is 10.6. The first-order chi connectivity index (χ1) is 19.6. The summed E-state index contributed by atoms with van der Waals surface area (Å²) in [5, 5.41) is 3.43. The Morgan fingerprint density at radius 3 is 2.54 bits per heavy atom. The number of hydrogen-bond donors (Lipinski definition) is 1. The van der Waals surface area contributed by atoms with Crippen LogP contribution < -0.4 is 5.32 Å². The smallest absolute Gasteiger partial charge is 0.385 e. The third-order valence-corrected chi connectivity index (χ3v) is 6.97. The van der Waals surface area contributed by atoms with E-state index in [2.05, 4.69) is 19.2 Å². The average molecular weight is 584 g/mol. The number of aryl methyl sites for hydroxylation is 1. The molecule has 2 atom stereocenters. The van der Waals surface area contributed by atoms with Gasteiger partial charge in [-0.05, 0) is 30.9 Å². The summed E-state index contributed by atoms with van der Waals surface area (Å²) in [6.45, 7) is 9.91. The van der Waals surface area contributed by atoms with Crippen molar-refractivity contribution in [2.45, 2.75) is 45.5 Å². The van der Waals surface area contributed by atoms with Crippen LogP contribution in [0.5, 0.6) is 0 Å². The molecule has 0 bridgehead atoms. The number of piperidine rings is 1. The number of carbonyl (C=O) groups excluding carboxylic acids is 3. The molecule has 2 amide bonds. The van der Waals surface area contributed by atoms with Crippen LogP contribution in [0, 0.1) is 11.8 Å². The van der Waals surface area contributed by atoms with Crippen LogP contribution in [-0.2, 0) is 25.6 Å². The molecule has 1 N–H and O–H groups in total. The Hall–Kier alpha value is -3.03. The van der Waals surface area contributed by atoms with Gasteiger partial charge in [-0.1, -0.05) is 26.0 Å². The second kappa shape index (κ2) is 15.3. The number of ether oxygens (including phenoxy) is 2. The Bertz CT molecular complexity index is 1150. The van der Waals surface area contributed by atoms with Crippen LogP contribution in [0.15, 0.2) is 24.3 Å². The number of fused-ring (bicyclic) bond motifs is 1. The number of hydrogen-bond acceptors (Lipinski definition) is 7. The molecule has 10 nitrogen and oxygen atoms in total. The molecule has 1 aromatic heterocycles. The van der Waals surface area contributed by atoms with Crippen LogP contribution in [0.25, 0.3) is 11.0 Å². The van der Waals surface area contributed by atoms with Crippen LogP contribution in [0.2, 0.25) is 0 Å². The predicted molar refractivity (Wildman–Crippen MR) is 146 cm³/mol. The molecule has 1 aromatic carbocycles. The molecule has 41 heavy (non-hydrogen) atoms. The van der Waals surface area contributed by atoms with E-state index in [1.165, 1.54) is 0 Å². The van der Waals surface area contributed by atoms with E-state index in [-0.39, 0.29) is 23.8 Å². The van der Waals surface area contributed by atoms with Crippen LogP contribution in [0.1, 0.15) is 37.3 Å². The minimum absolute atomic E-state index is 0.0686. The molecule has 0 spiro atoms. The number of amides is 2. The van der Waals surface area contributed by atoms with Crippen LogP contribution in [0.3, 0.4) is 0 Å². The molecular formula is C28H40F3N5O5. The van der Waals surface area contributed by atoms with Gasteiger partial charge in [0.1, 0.15) is 0 Å². The van der Waals surface area contributed by atoms with Crippen LogP contribution in [-0.4, -0.2) is 109 Å². The van der Waals surface area contributed by atoms with Crippen molar-refractivity contribution in [3.05, 3.63) is 30.1 Å². The van der Waals surface area contributed by atoms with Gasteiger partial charge in [-0.25, -0.2) is 4.98 Å². The average Bonchev–Trinajstić information content (AvgIpc) is 3.34. The molecule has 2 aliphatic heterocycles. The topological polar surface area (TPSA) is 106 Å². The number of nitrogens with zero attached hydrogens (tertiary/aromatic N) is 4. The normalized spacial score (nSPS) is 19.5. The third kappa shape index (κ3) is 9.23. The van der Waals surface area contributed by atoms with Crippen molar-refractivity contribution >= 4 is 29.1 Å². The first kappa shape index (κ1) is 32.5.